The van der Waals surface area contributed by atoms with Crippen LogP contribution in [0.1, 0.15) is 33.6 Å². The first-order valence-corrected chi connectivity index (χ1v) is 10.5. The van der Waals surface area contributed by atoms with Crippen molar-refractivity contribution in [1.82, 2.24) is 9.66 Å². The van der Waals surface area contributed by atoms with E-state index in [1.807, 2.05) is 0 Å². The summed E-state index contributed by atoms with van der Waals surface area (Å²) >= 11 is 2.77. The molecule has 2 aromatic heterocycles. The third kappa shape index (κ3) is 3.35. The number of thioether (sulfide) groups is 1. The van der Waals surface area contributed by atoms with E-state index in [0.29, 0.717) is 21.9 Å². The van der Waals surface area contributed by atoms with E-state index in [4.69, 9.17) is 10.6 Å². The number of nitrogens with zero attached hydrogens (tertiary/aromatic N) is 2. The first kappa shape index (κ1) is 18.1. The number of ether oxygens (including phenoxy) is 1. The Morgan fingerprint density at radius 1 is 1.30 bits per heavy atom. The molecular weight excluding hydrogens is 382 g/mol. The third-order valence-corrected chi connectivity index (χ3v) is 6.87. The number of hydrogen-bond donors (Lipinski definition) is 1. The molecular formula is C19H19N3O3S2. The lowest BCUT2D eigenvalue weighted by Gasteiger charge is -2.10. The lowest BCUT2D eigenvalue weighted by atomic mass is 9.97. The largest absolute Gasteiger partial charge is 0.497 e. The number of nitrogen functional groups attached to an aromatic ring is 1. The van der Waals surface area contributed by atoms with E-state index < -0.39 is 0 Å². The molecule has 1 aliphatic carbocycles. The van der Waals surface area contributed by atoms with Crippen molar-refractivity contribution < 1.29 is 9.53 Å². The van der Waals surface area contributed by atoms with Crippen LogP contribution in [0.4, 0.5) is 0 Å². The highest BCUT2D eigenvalue weighted by molar-refractivity contribution is 7.99. The maximum Gasteiger partial charge on any atom is 0.281 e. The number of benzene rings is 1. The minimum atomic E-state index is -0.223. The second kappa shape index (κ2) is 7.36. The number of thiophene rings is 1. The molecule has 1 aliphatic rings. The number of methoxy groups -OCH3 is 1. The van der Waals surface area contributed by atoms with Crippen molar-refractivity contribution in [2.75, 3.05) is 18.7 Å². The van der Waals surface area contributed by atoms with Crippen LogP contribution in [0.25, 0.3) is 10.2 Å². The second-order valence-electron chi connectivity index (χ2n) is 6.40. The zero-order valence-electron chi connectivity index (χ0n) is 14.9. The molecule has 0 amide bonds. The van der Waals surface area contributed by atoms with Gasteiger partial charge in [-0.25, -0.2) is 9.66 Å². The Balaban J connectivity index is 1.59. The van der Waals surface area contributed by atoms with Gasteiger partial charge in [-0.3, -0.25) is 9.59 Å². The molecule has 0 aliphatic heterocycles. The van der Waals surface area contributed by atoms with Gasteiger partial charge in [0.15, 0.2) is 10.9 Å². The minimum Gasteiger partial charge on any atom is -0.497 e. The summed E-state index contributed by atoms with van der Waals surface area (Å²) in [6, 6.07) is 6.94. The molecule has 8 heteroatoms. The number of hydrogen-bond acceptors (Lipinski definition) is 7. The van der Waals surface area contributed by atoms with Gasteiger partial charge in [0.05, 0.1) is 18.2 Å². The van der Waals surface area contributed by atoms with Gasteiger partial charge < -0.3 is 10.6 Å². The standard InChI is InChI=1S/C19H19N3O3S2/c1-25-12-8-6-11(7-9-12)14(23)10-26-19-21-17-16(18(24)22(19)20)13-4-2-3-5-15(13)27-17/h6-9H,2-5,10,20H2,1H3. The van der Waals surface area contributed by atoms with Crippen LogP contribution in [0.3, 0.4) is 0 Å². The molecule has 6 nitrogen and oxygen atoms in total. The maximum absolute atomic E-state index is 12.8. The highest BCUT2D eigenvalue weighted by Gasteiger charge is 2.22. The van der Waals surface area contributed by atoms with Crippen LogP contribution in [0.5, 0.6) is 5.75 Å². The second-order valence-corrected chi connectivity index (χ2v) is 8.43. The SMILES string of the molecule is COc1ccc(C(=O)CSc2nc3sc4c(c3c(=O)n2N)CCCC4)cc1. The van der Waals surface area contributed by atoms with E-state index in [-0.39, 0.29) is 17.1 Å². The molecule has 0 saturated carbocycles. The van der Waals surface area contributed by atoms with Gasteiger partial charge >= 0.3 is 0 Å². The molecule has 4 rings (SSSR count). The molecule has 140 valence electrons. The van der Waals surface area contributed by atoms with Crippen molar-refractivity contribution in [3.63, 3.8) is 0 Å². The Kier molecular flexibility index (Phi) is 4.92. The zero-order chi connectivity index (χ0) is 19.0. The van der Waals surface area contributed by atoms with Crippen LogP contribution in [-0.4, -0.2) is 28.3 Å². The van der Waals surface area contributed by atoms with E-state index in [2.05, 4.69) is 4.98 Å². The molecule has 0 fully saturated rings. The number of carbonyl (C=O) groups is 1. The topological polar surface area (TPSA) is 87.2 Å². The van der Waals surface area contributed by atoms with Gasteiger partial charge in [-0.05, 0) is 55.5 Å². The predicted octanol–water partition coefficient (Wildman–Crippen LogP) is 3.03. The van der Waals surface area contributed by atoms with Crippen molar-refractivity contribution in [3.8, 4) is 5.75 Å². The maximum atomic E-state index is 12.8. The molecule has 27 heavy (non-hydrogen) atoms. The highest BCUT2D eigenvalue weighted by atomic mass is 32.2. The summed E-state index contributed by atoms with van der Waals surface area (Å²) in [5, 5.41) is 1.02. The molecule has 2 N–H and O–H groups in total. The van der Waals surface area contributed by atoms with Gasteiger partial charge in [0.25, 0.3) is 5.56 Å². The average molecular weight is 402 g/mol. The molecule has 0 spiro atoms. The fourth-order valence-electron chi connectivity index (χ4n) is 3.29. The Labute approximate surface area is 164 Å². The predicted molar refractivity (Wildman–Crippen MR) is 109 cm³/mol. The fourth-order valence-corrected chi connectivity index (χ4v) is 5.41. The number of Topliss-reactive ketones (excluding diaryl/α,β-unsaturated/α-hetero) is 1. The van der Waals surface area contributed by atoms with Crippen LogP contribution >= 0.6 is 23.1 Å². The molecule has 0 saturated heterocycles. The average Bonchev–Trinajstić information content (AvgIpc) is 3.07. The number of fused-ring (bicyclic) bond motifs is 3. The summed E-state index contributed by atoms with van der Waals surface area (Å²) in [6.07, 6.45) is 4.15. The van der Waals surface area contributed by atoms with Crippen LogP contribution in [0.2, 0.25) is 0 Å². The zero-order valence-corrected chi connectivity index (χ0v) is 16.5. The molecule has 3 aromatic rings. The smallest absolute Gasteiger partial charge is 0.281 e. The van der Waals surface area contributed by atoms with Crippen LogP contribution in [-0.2, 0) is 12.8 Å². The number of carbonyl (C=O) groups excluding carboxylic acids is 1. The molecule has 0 atom stereocenters. The molecule has 1 aromatic carbocycles. The van der Waals surface area contributed by atoms with Crippen LogP contribution in [0.15, 0.2) is 34.2 Å². The van der Waals surface area contributed by atoms with E-state index in [9.17, 15) is 9.59 Å². The summed E-state index contributed by atoms with van der Waals surface area (Å²) in [6.45, 7) is 0. The number of rotatable bonds is 5. The van der Waals surface area contributed by atoms with Gasteiger partial charge in [0, 0.05) is 10.4 Å². The lowest BCUT2D eigenvalue weighted by molar-refractivity contribution is 0.102. The van der Waals surface area contributed by atoms with Gasteiger partial charge in [-0.15, -0.1) is 11.3 Å². The van der Waals surface area contributed by atoms with Crippen molar-refractivity contribution in [2.45, 2.75) is 30.8 Å². The fraction of sp³-hybridized carbons (Fsp3) is 0.316. The van der Waals surface area contributed by atoms with Gasteiger partial charge in [0.1, 0.15) is 10.6 Å². The van der Waals surface area contributed by atoms with E-state index in [1.54, 1.807) is 42.7 Å². The monoisotopic (exact) mass is 401 g/mol. The van der Waals surface area contributed by atoms with Gasteiger partial charge in [0.2, 0.25) is 0 Å². The van der Waals surface area contributed by atoms with E-state index in [0.717, 1.165) is 40.8 Å². The van der Waals surface area contributed by atoms with E-state index >= 15 is 0 Å². The summed E-state index contributed by atoms with van der Waals surface area (Å²) in [7, 11) is 1.58. The van der Waals surface area contributed by atoms with Gasteiger partial charge in [-0.1, -0.05) is 11.8 Å². The van der Waals surface area contributed by atoms with Crippen molar-refractivity contribution in [1.29, 1.82) is 0 Å². The summed E-state index contributed by atoms with van der Waals surface area (Å²) in [5.74, 6) is 6.81. The lowest BCUT2D eigenvalue weighted by Crippen LogP contribution is -2.30. The van der Waals surface area contributed by atoms with Crippen LogP contribution < -0.4 is 16.1 Å². The quantitative estimate of drug-likeness (QED) is 0.306. The summed E-state index contributed by atoms with van der Waals surface area (Å²) in [4.78, 5) is 31.7. The Hall–Kier alpha value is -2.32. The molecule has 0 bridgehead atoms. The van der Waals surface area contributed by atoms with Crippen molar-refractivity contribution in [2.24, 2.45) is 0 Å². The number of ketones is 1. The Morgan fingerprint density at radius 2 is 2.04 bits per heavy atom. The van der Waals surface area contributed by atoms with Gasteiger partial charge in [-0.2, -0.15) is 0 Å². The van der Waals surface area contributed by atoms with Crippen molar-refractivity contribution >= 4 is 39.1 Å². The van der Waals surface area contributed by atoms with Crippen molar-refractivity contribution in [3.05, 3.63) is 50.6 Å². The summed E-state index contributed by atoms with van der Waals surface area (Å²) < 4.78 is 6.18. The molecule has 0 radical (unpaired) electrons. The highest BCUT2D eigenvalue weighted by Crippen LogP contribution is 2.34. The molecule has 0 unspecified atom stereocenters. The van der Waals surface area contributed by atoms with Crippen LogP contribution in [0, 0.1) is 0 Å². The first-order valence-electron chi connectivity index (χ1n) is 8.71. The van der Waals surface area contributed by atoms with E-state index in [1.165, 1.54) is 16.6 Å². The summed E-state index contributed by atoms with van der Waals surface area (Å²) in [5.41, 5.74) is 1.48. The first-order chi connectivity index (χ1) is 13.1. The number of aryl methyl sites for hydroxylation is 2. The normalized spacial score (nSPS) is 13.5. The third-order valence-electron chi connectivity index (χ3n) is 4.73. The minimum absolute atomic E-state index is 0.0533. The molecule has 2 heterocycles. The number of aromatic nitrogens is 2. The Morgan fingerprint density at radius 3 is 2.78 bits per heavy atom. The Bertz CT molecular complexity index is 1070. The number of nitrogens with two attached hydrogens (primary N) is 1.